The van der Waals surface area contributed by atoms with Gasteiger partial charge in [-0.05, 0) is 38.4 Å². The Morgan fingerprint density at radius 2 is 1.92 bits per heavy atom. The summed E-state index contributed by atoms with van der Waals surface area (Å²) >= 11 is 0. The van der Waals surface area contributed by atoms with Crippen molar-refractivity contribution >= 4 is 18.1 Å². The maximum absolute atomic E-state index is 12.0. The van der Waals surface area contributed by atoms with E-state index in [4.69, 9.17) is 0 Å². The predicted molar refractivity (Wildman–Crippen MR) is 93.2 cm³/mol. The highest BCUT2D eigenvalue weighted by molar-refractivity contribution is 5.90. The number of hydrogen-bond acceptors (Lipinski definition) is 5. The molecule has 0 aliphatic heterocycles. The van der Waals surface area contributed by atoms with Gasteiger partial charge in [0.1, 0.15) is 6.29 Å². The van der Waals surface area contributed by atoms with Crippen LogP contribution in [-0.2, 0) is 11.2 Å². The van der Waals surface area contributed by atoms with Crippen LogP contribution < -0.4 is 5.32 Å². The molecule has 24 heavy (non-hydrogen) atoms. The van der Waals surface area contributed by atoms with Crippen molar-refractivity contribution < 1.29 is 9.59 Å². The molecule has 1 amide bonds. The molecule has 0 spiro atoms. The summed E-state index contributed by atoms with van der Waals surface area (Å²) in [6.07, 6.45) is 4.90. The van der Waals surface area contributed by atoms with Crippen LogP contribution in [0, 0.1) is 13.8 Å². The smallest absolute Gasteiger partial charge is 0.240 e. The lowest BCUT2D eigenvalue weighted by Gasteiger charge is -2.16. The van der Waals surface area contributed by atoms with Gasteiger partial charge >= 0.3 is 0 Å². The van der Waals surface area contributed by atoms with Crippen LogP contribution in [0.4, 0.5) is 5.95 Å². The van der Waals surface area contributed by atoms with Crippen molar-refractivity contribution in [3.63, 3.8) is 0 Å². The van der Waals surface area contributed by atoms with E-state index in [1.807, 2.05) is 44.0 Å². The summed E-state index contributed by atoms with van der Waals surface area (Å²) in [4.78, 5) is 33.1. The van der Waals surface area contributed by atoms with Gasteiger partial charge in [-0.3, -0.25) is 19.8 Å². The minimum Gasteiger partial charge on any atom is -0.298 e. The largest absolute Gasteiger partial charge is 0.298 e. The monoisotopic (exact) mass is 326 g/mol. The topological polar surface area (TPSA) is 75.2 Å². The van der Waals surface area contributed by atoms with Gasteiger partial charge in [-0.25, -0.2) is 9.97 Å². The summed E-state index contributed by atoms with van der Waals surface area (Å²) in [7, 11) is 1.87. The number of carbonyl (C=O) groups is 2. The van der Waals surface area contributed by atoms with Crippen LogP contribution in [-0.4, -0.2) is 47.2 Å². The zero-order valence-corrected chi connectivity index (χ0v) is 14.2. The van der Waals surface area contributed by atoms with Crippen LogP contribution in [0.3, 0.4) is 0 Å². The van der Waals surface area contributed by atoms with E-state index < -0.39 is 0 Å². The number of likely N-dealkylation sites (N-methyl/N-ethyl adjacent to an activating group) is 1. The zero-order chi connectivity index (χ0) is 17.5. The first kappa shape index (κ1) is 17.7. The fraction of sp³-hybridized carbons (Fsp3) is 0.333. The summed E-state index contributed by atoms with van der Waals surface area (Å²) in [6, 6.07) is 5.77. The maximum Gasteiger partial charge on any atom is 0.240 e. The molecule has 2 rings (SSSR count). The van der Waals surface area contributed by atoms with Crippen LogP contribution in [0.5, 0.6) is 0 Å². The summed E-state index contributed by atoms with van der Waals surface area (Å²) < 4.78 is 0. The lowest BCUT2D eigenvalue weighted by molar-refractivity contribution is -0.117. The number of amides is 1. The molecule has 0 aliphatic carbocycles. The summed E-state index contributed by atoms with van der Waals surface area (Å²) in [5, 5.41) is 2.67. The Morgan fingerprint density at radius 1 is 1.21 bits per heavy atom. The van der Waals surface area contributed by atoms with Crippen molar-refractivity contribution in [1.29, 1.82) is 0 Å². The first-order chi connectivity index (χ1) is 11.5. The molecule has 1 aromatic heterocycles. The number of rotatable bonds is 7. The van der Waals surface area contributed by atoms with Crippen LogP contribution in [0.25, 0.3) is 0 Å². The first-order valence-electron chi connectivity index (χ1n) is 7.79. The predicted octanol–water partition coefficient (Wildman–Crippen LogP) is 2.02. The van der Waals surface area contributed by atoms with Crippen LogP contribution in [0.1, 0.15) is 27.0 Å². The second kappa shape index (κ2) is 8.31. The minimum absolute atomic E-state index is 0.166. The Bertz CT molecular complexity index is 713. The van der Waals surface area contributed by atoms with Gasteiger partial charge in [-0.15, -0.1) is 0 Å². The lowest BCUT2D eigenvalue weighted by atomic mass is 10.0. The van der Waals surface area contributed by atoms with E-state index >= 15 is 0 Å². The molecule has 0 aliphatic rings. The second-order valence-corrected chi connectivity index (χ2v) is 5.94. The molecule has 1 aromatic carbocycles. The van der Waals surface area contributed by atoms with Gasteiger partial charge in [-0.2, -0.15) is 0 Å². The van der Waals surface area contributed by atoms with Crippen molar-refractivity contribution in [2.24, 2.45) is 0 Å². The maximum atomic E-state index is 12.0. The van der Waals surface area contributed by atoms with E-state index in [2.05, 4.69) is 15.3 Å². The number of nitrogens with one attached hydrogen (secondary N) is 1. The number of anilines is 1. The van der Waals surface area contributed by atoms with Gasteiger partial charge in [0.05, 0.1) is 6.54 Å². The average Bonchev–Trinajstić information content (AvgIpc) is 2.55. The normalized spacial score (nSPS) is 10.7. The molecule has 0 bridgehead atoms. The third-order valence-corrected chi connectivity index (χ3v) is 3.63. The minimum atomic E-state index is -0.166. The molecule has 6 heteroatoms. The van der Waals surface area contributed by atoms with E-state index in [-0.39, 0.29) is 12.5 Å². The fourth-order valence-electron chi connectivity index (χ4n) is 2.32. The molecule has 6 nitrogen and oxygen atoms in total. The Hall–Kier alpha value is -2.60. The van der Waals surface area contributed by atoms with E-state index in [0.29, 0.717) is 24.5 Å². The zero-order valence-electron chi connectivity index (χ0n) is 14.2. The summed E-state index contributed by atoms with van der Waals surface area (Å²) in [6.45, 7) is 4.79. The summed E-state index contributed by atoms with van der Waals surface area (Å²) in [5.74, 6) is 0.141. The number of nitrogens with zero attached hydrogens (tertiary/aromatic N) is 3. The number of aromatic nitrogens is 2. The molecule has 1 N–H and O–H groups in total. The lowest BCUT2D eigenvalue weighted by Crippen LogP contribution is -2.32. The molecule has 0 saturated heterocycles. The van der Waals surface area contributed by atoms with Gasteiger partial charge in [0.25, 0.3) is 0 Å². The Morgan fingerprint density at radius 3 is 2.58 bits per heavy atom. The van der Waals surface area contributed by atoms with Crippen molar-refractivity contribution in [1.82, 2.24) is 14.9 Å². The Balaban J connectivity index is 1.85. The van der Waals surface area contributed by atoms with Crippen LogP contribution in [0.15, 0.2) is 30.6 Å². The molecular formula is C18H22N4O2. The summed E-state index contributed by atoms with van der Waals surface area (Å²) in [5.41, 5.74) is 3.76. The van der Waals surface area contributed by atoms with Crippen molar-refractivity contribution in [3.8, 4) is 0 Å². The quantitative estimate of drug-likeness (QED) is 0.788. The number of aryl methyl sites for hydroxylation is 2. The van der Waals surface area contributed by atoms with Crippen molar-refractivity contribution in [3.05, 3.63) is 52.8 Å². The molecule has 0 saturated carbocycles. The molecule has 0 atom stereocenters. The molecular weight excluding hydrogens is 304 g/mol. The van der Waals surface area contributed by atoms with Gasteiger partial charge in [0.15, 0.2) is 0 Å². The Labute approximate surface area is 141 Å². The average molecular weight is 326 g/mol. The SMILES string of the molecule is Cc1cnc(NC(=O)CN(C)CCc2cc(C)ccc2C=O)nc1. The molecule has 0 unspecified atom stereocenters. The molecule has 126 valence electrons. The highest BCUT2D eigenvalue weighted by Gasteiger charge is 2.10. The highest BCUT2D eigenvalue weighted by Crippen LogP contribution is 2.11. The molecule has 2 aromatic rings. The van der Waals surface area contributed by atoms with Crippen molar-refractivity contribution in [2.45, 2.75) is 20.3 Å². The second-order valence-electron chi connectivity index (χ2n) is 5.94. The highest BCUT2D eigenvalue weighted by atomic mass is 16.2. The number of carbonyl (C=O) groups excluding carboxylic acids is 2. The number of aldehydes is 1. The third kappa shape index (κ3) is 5.24. The van der Waals surface area contributed by atoms with Crippen molar-refractivity contribution in [2.75, 3.05) is 25.5 Å². The van der Waals surface area contributed by atoms with E-state index in [9.17, 15) is 9.59 Å². The molecule has 0 fully saturated rings. The molecule has 0 radical (unpaired) electrons. The van der Waals surface area contributed by atoms with Crippen LogP contribution in [0.2, 0.25) is 0 Å². The Kier molecular flexibility index (Phi) is 6.14. The molecule has 1 heterocycles. The van der Waals surface area contributed by atoms with E-state index in [1.165, 1.54) is 0 Å². The van der Waals surface area contributed by atoms with Gasteiger partial charge < -0.3 is 0 Å². The van der Waals surface area contributed by atoms with E-state index in [0.717, 1.165) is 23.0 Å². The standard InChI is InChI=1S/C18H22N4O2/c1-13-4-5-16(12-23)15(8-13)6-7-22(3)11-17(24)21-18-19-9-14(2)10-20-18/h4-5,8-10,12H,6-7,11H2,1-3H3,(H,19,20,21,24). The van der Waals surface area contributed by atoms with Gasteiger partial charge in [-0.1, -0.05) is 23.8 Å². The van der Waals surface area contributed by atoms with Gasteiger partial charge in [0, 0.05) is 24.5 Å². The fourth-order valence-corrected chi connectivity index (χ4v) is 2.32. The first-order valence-corrected chi connectivity index (χ1v) is 7.79. The number of hydrogen-bond donors (Lipinski definition) is 1. The van der Waals surface area contributed by atoms with Crippen LogP contribution >= 0.6 is 0 Å². The third-order valence-electron chi connectivity index (χ3n) is 3.63. The van der Waals surface area contributed by atoms with Gasteiger partial charge in [0.2, 0.25) is 11.9 Å². The number of benzene rings is 1. The van der Waals surface area contributed by atoms with E-state index in [1.54, 1.807) is 12.4 Å².